The number of aliphatic hydroxyl groups excluding tert-OH is 1. The van der Waals surface area contributed by atoms with E-state index in [1.807, 2.05) is 0 Å². The minimum absolute atomic E-state index is 0. The Morgan fingerprint density at radius 3 is 1.48 bits per heavy atom. The van der Waals surface area contributed by atoms with Crippen LogP contribution in [0.4, 0.5) is 38.0 Å². The number of carbonyl (C=O) groups is 1. The number of rotatable bonds is 10. The Hall–Kier alpha value is -3.51. The Morgan fingerprint density at radius 2 is 1.14 bits per heavy atom. The molecule has 4 aromatic rings. The molecule has 0 unspecified atom stereocenters. The molecule has 56 heavy (non-hydrogen) atoms. The largest absolute Gasteiger partial charge is 1.00 e. The summed E-state index contributed by atoms with van der Waals surface area (Å²) in [6.07, 6.45) is 1.63. The number of hydrogen-bond donors (Lipinski definition) is 3. The number of aliphatic hydroxyl groups is 1. The number of sulfone groups is 2. The van der Waals surface area contributed by atoms with Gasteiger partial charge in [0.15, 0.2) is 49.0 Å². The van der Waals surface area contributed by atoms with Gasteiger partial charge < -0.3 is 17.2 Å². The smallest absolute Gasteiger partial charge is 1.00 e. The molecule has 0 spiro atoms. The quantitative estimate of drug-likeness (QED) is 0.120. The molecule has 0 saturated heterocycles. The molecule has 6 rings (SSSR count). The van der Waals surface area contributed by atoms with Gasteiger partial charge in [-0.25, -0.2) is 26.8 Å². The van der Waals surface area contributed by atoms with Crippen molar-refractivity contribution < 1.29 is 84.1 Å². The summed E-state index contributed by atoms with van der Waals surface area (Å²) in [6.45, 7) is -0.842. The molecule has 0 bridgehead atoms. The molecule has 0 amide bonds. The molecule has 4 aromatic heterocycles. The van der Waals surface area contributed by atoms with Crippen molar-refractivity contribution in [2.75, 3.05) is 23.1 Å². The van der Waals surface area contributed by atoms with Gasteiger partial charge in [0.1, 0.15) is 11.6 Å². The van der Waals surface area contributed by atoms with Gasteiger partial charge in [0.05, 0.1) is 27.5 Å². The topological polar surface area (TPSA) is 191 Å². The molecule has 2 aliphatic rings. The molecular formula is C32H37BF6N8NaO6S2. The number of nitrogens with one attached hydrogen (secondary N) is 2. The van der Waals surface area contributed by atoms with E-state index >= 15 is 0 Å². The van der Waals surface area contributed by atoms with E-state index in [4.69, 9.17) is 0 Å². The molecule has 2 aliphatic carbocycles. The second-order valence-electron chi connectivity index (χ2n) is 12.9. The zero-order valence-corrected chi connectivity index (χ0v) is 34.0. The fourth-order valence-electron chi connectivity index (χ4n) is 6.16. The maximum Gasteiger partial charge on any atom is 1.00 e. The van der Waals surface area contributed by atoms with Gasteiger partial charge in [0.25, 0.3) is 0 Å². The molecule has 14 nitrogen and oxygen atoms in total. The number of aromatic nitrogens is 6. The number of alkyl halides is 6. The van der Waals surface area contributed by atoms with E-state index in [0.29, 0.717) is 0 Å². The van der Waals surface area contributed by atoms with Crippen molar-refractivity contribution in [3.05, 3.63) is 59.2 Å². The van der Waals surface area contributed by atoms with Crippen molar-refractivity contribution in [2.24, 2.45) is 0 Å². The van der Waals surface area contributed by atoms with Crippen LogP contribution in [0.25, 0.3) is 11.6 Å². The van der Waals surface area contributed by atoms with Crippen LogP contribution in [0.1, 0.15) is 80.1 Å². The van der Waals surface area contributed by atoms with Gasteiger partial charge in [-0.05, 0) is 49.9 Å². The molecule has 24 heteroatoms. The number of pyridine rings is 2. The van der Waals surface area contributed by atoms with Crippen molar-refractivity contribution >= 4 is 46.0 Å². The third-order valence-corrected chi connectivity index (χ3v) is 11.0. The van der Waals surface area contributed by atoms with Crippen LogP contribution >= 0.6 is 0 Å². The summed E-state index contributed by atoms with van der Waals surface area (Å²) in [4.78, 5) is 19.2. The van der Waals surface area contributed by atoms with Gasteiger partial charge in [0, 0.05) is 45.4 Å². The molecular weight excluding hydrogens is 804 g/mol. The Balaban J connectivity index is 0.000000374. The fourth-order valence-corrected chi connectivity index (χ4v) is 7.28. The number of nitrogens with zero attached hydrogens (tertiary/aromatic N) is 6. The third-order valence-electron chi connectivity index (χ3n) is 8.84. The Bertz CT molecular complexity index is 2200. The number of carbonyl (C=O) groups excluding carboxylic acids is 1. The molecule has 0 aliphatic heterocycles. The average Bonchev–Trinajstić information content (AvgIpc) is 3.91. The molecule has 3 N–H and O–H groups in total. The van der Waals surface area contributed by atoms with Crippen LogP contribution in [0.5, 0.6) is 0 Å². The maximum absolute atomic E-state index is 13.4. The predicted molar refractivity (Wildman–Crippen MR) is 189 cm³/mol. The van der Waals surface area contributed by atoms with Crippen LogP contribution in [-0.4, -0.2) is 90.8 Å². The maximum atomic E-state index is 13.4. The first-order valence-electron chi connectivity index (χ1n) is 16.5. The minimum Gasteiger partial charge on any atom is -1.00 e. The SMILES string of the molecule is CS(=O)(=O)c1ccc(-n2nc(C(F)(F)F)c(C=O)c2NC2CCCC2)nc1.CS(=O)(=O)c1ccc(-n2nc(C(F)(F)F)c(CO)c2NC2CCCC2)nc1.[B].[H-].[Na+]. The number of hydrogen-bond acceptors (Lipinski definition) is 12. The van der Waals surface area contributed by atoms with Crippen LogP contribution in [-0.2, 0) is 38.6 Å². The van der Waals surface area contributed by atoms with Crippen LogP contribution in [0, 0.1) is 0 Å². The van der Waals surface area contributed by atoms with Crippen LogP contribution < -0.4 is 40.2 Å². The summed E-state index contributed by atoms with van der Waals surface area (Å²) in [5.74, 6) is -0.0743. The van der Waals surface area contributed by atoms with E-state index in [1.54, 1.807) is 0 Å². The van der Waals surface area contributed by atoms with Crippen LogP contribution in [0.3, 0.4) is 0 Å². The van der Waals surface area contributed by atoms with E-state index in [0.717, 1.165) is 85.6 Å². The summed E-state index contributed by atoms with van der Waals surface area (Å²) in [6, 6.07) is 4.91. The van der Waals surface area contributed by atoms with Crippen molar-refractivity contribution in [3.63, 3.8) is 0 Å². The molecule has 0 aromatic carbocycles. The second kappa shape index (κ2) is 18.4. The number of anilines is 2. The zero-order chi connectivity index (χ0) is 39.6. The van der Waals surface area contributed by atoms with E-state index in [1.165, 1.54) is 24.3 Å². The van der Waals surface area contributed by atoms with E-state index in [9.17, 15) is 53.1 Å². The van der Waals surface area contributed by atoms with Crippen LogP contribution in [0.2, 0.25) is 0 Å². The first kappa shape index (κ1) is 46.9. The molecule has 299 valence electrons. The van der Waals surface area contributed by atoms with Crippen molar-refractivity contribution in [2.45, 2.75) is 92.2 Å². The molecule has 3 radical (unpaired) electrons. The standard InChI is InChI=1S/C16H19F3N4O3S.C16H17F3N4O3S.B.Na.H/c2*1-27(25,26)11-6-7-13(20-8-11)23-15(21-10-4-2-3-5-10)12(9-24)14(22-23)16(17,18)19;;;/h6-8,10,21,24H,2-5,9H2,1H3;6-10,21H,2-5H2,1H3;;;/q;;;+1;-1. The second-order valence-corrected chi connectivity index (χ2v) is 16.9. The molecule has 2 fully saturated rings. The van der Waals surface area contributed by atoms with Gasteiger partial charge in [-0.15, -0.1) is 0 Å². The minimum atomic E-state index is -4.82. The number of halogens is 6. The average molecular weight is 842 g/mol. The monoisotopic (exact) mass is 841 g/mol. The Morgan fingerprint density at radius 1 is 0.750 bits per heavy atom. The van der Waals surface area contributed by atoms with E-state index in [-0.39, 0.29) is 96.4 Å². The normalized spacial score (nSPS) is 15.4. The van der Waals surface area contributed by atoms with Crippen molar-refractivity contribution in [1.29, 1.82) is 0 Å². The van der Waals surface area contributed by atoms with E-state index < -0.39 is 55.6 Å². The van der Waals surface area contributed by atoms with Gasteiger partial charge in [-0.3, -0.25) is 4.79 Å². The summed E-state index contributed by atoms with van der Waals surface area (Å²) >= 11 is 0. The van der Waals surface area contributed by atoms with Crippen LogP contribution in [0.15, 0.2) is 46.5 Å². The van der Waals surface area contributed by atoms with Gasteiger partial charge in [-0.2, -0.15) is 45.9 Å². The molecule has 4 heterocycles. The van der Waals surface area contributed by atoms with Gasteiger partial charge in [0.2, 0.25) is 0 Å². The van der Waals surface area contributed by atoms with Gasteiger partial charge in [-0.1, -0.05) is 25.7 Å². The summed E-state index contributed by atoms with van der Waals surface area (Å²) < 4.78 is 128. The first-order valence-corrected chi connectivity index (χ1v) is 20.3. The number of aldehydes is 1. The van der Waals surface area contributed by atoms with Crippen molar-refractivity contribution in [3.8, 4) is 11.6 Å². The Kier molecular flexibility index (Phi) is 15.4. The van der Waals surface area contributed by atoms with Crippen molar-refractivity contribution in [1.82, 2.24) is 29.5 Å². The fraction of sp³-hybridized carbons (Fsp3) is 0.469. The molecule has 2 saturated carbocycles. The summed E-state index contributed by atoms with van der Waals surface area (Å²) in [5, 5.41) is 22.7. The Labute approximate surface area is 344 Å². The molecule has 0 atom stereocenters. The summed E-state index contributed by atoms with van der Waals surface area (Å²) in [5.41, 5.74) is -3.46. The van der Waals surface area contributed by atoms with E-state index in [2.05, 4.69) is 30.8 Å². The summed E-state index contributed by atoms with van der Waals surface area (Å²) in [7, 11) is -6.99. The predicted octanol–water partition coefficient (Wildman–Crippen LogP) is 2.13. The first-order chi connectivity index (χ1) is 25.2. The third kappa shape index (κ3) is 10.9. The zero-order valence-electron chi connectivity index (χ0n) is 31.4. The van der Waals surface area contributed by atoms with Gasteiger partial charge >= 0.3 is 41.9 Å².